The van der Waals surface area contributed by atoms with Gasteiger partial charge < -0.3 is 9.84 Å². The number of carbonyl (C=O) groups is 1. The summed E-state index contributed by atoms with van der Waals surface area (Å²) < 4.78 is 5.07. The summed E-state index contributed by atoms with van der Waals surface area (Å²) in [6, 6.07) is -0.308. The second kappa shape index (κ2) is 5.32. The Morgan fingerprint density at radius 3 is 2.93 bits per heavy atom. The Bertz CT molecular complexity index is 196. The topological polar surface area (TPSA) is 49.8 Å². The Morgan fingerprint density at radius 1 is 1.71 bits per heavy atom. The molecule has 0 unspecified atom stereocenters. The zero-order valence-corrected chi connectivity index (χ0v) is 8.90. The van der Waals surface area contributed by atoms with Gasteiger partial charge in [0.25, 0.3) is 0 Å². The molecule has 1 aliphatic heterocycles. The van der Waals surface area contributed by atoms with E-state index in [0.717, 1.165) is 26.1 Å². The molecule has 1 rings (SSSR count). The quantitative estimate of drug-likeness (QED) is 0.715. The molecule has 1 N–H and O–H groups in total. The van der Waals surface area contributed by atoms with Gasteiger partial charge in [-0.3, -0.25) is 9.69 Å². The lowest BCUT2D eigenvalue weighted by atomic mass is 10.1. The van der Waals surface area contributed by atoms with Crippen LogP contribution in [-0.4, -0.2) is 48.8 Å². The molecule has 0 amide bonds. The molecule has 14 heavy (non-hydrogen) atoms. The molecular formula is C10H19NO3. The number of carboxylic acids is 1. The van der Waals surface area contributed by atoms with Crippen LogP contribution in [0.2, 0.25) is 0 Å². The predicted molar refractivity (Wildman–Crippen MR) is 53.3 cm³/mol. The largest absolute Gasteiger partial charge is 0.480 e. The van der Waals surface area contributed by atoms with E-state index in [4.69, 9.17) is 9.84 Å². The smallest absolute Gasteiger partial charge is 0.320 e. The van der Waals surface area contributed by atoms with Crippen molar-refractivity contribution in [2.45, 2.75) is 25.8 Å². The molecule has 1 heterocycles. The van der Waals surface area contributed by atoms with Gasteiger partial charge in [-0.15, -0.1) is 0 Å². The maximum Gasteiger partial charge on any atom is 0.320 e. The van der Waals surface area contributed by atoms with Crippen LogP contribution in [0.5, 0.6) is 0 Å². The molecule has 1 fully saturated rings. The number of methoxy groups -OCH3 is 1. The van der Waals surface area contributed by atoms with Crippen LogP contribution in [0, 0.1) is 5.92 Å². The van der Waals surface area contributed by atoms with Crippen LogP contribution >= 0.6 is 0 Å². The molecule has 1 aliphatic rings. The first-order valence-corrected chi connectivity index (χ1v) is 5.14. The fourth-order valence-electron chi connectivity index (χ4n) is 2.11. The van der Waals surface area contributed by atoms with Gasteiger partial charge in [-0.25, -0.2) is 0 Å². The maximum absolute atomic E-state index is 10.9. The van der Waals surface area contributed by atoms with Gasteiger partial charge >= 0.3 is 5.97 Å². The molecule has 1 saturated heterocycles. The zero-order chi connectivity index (χ0) is 10.6. The number of rotatable bonds is 5. The molecule has 2 atom stereocenters. The number of hydrogen-bond acceptors (Lipinski definition) is 3. The minimum absolute atomic E-state index is 0.308. The minimum atomic E-state index is -0.703. The van der Waals surface area contributed by atoms with Gasteiger partial charge in [0.1, 0.15) is 6.04 Å². The summed E-state index contributed by atoms with van der Waals surface area (Å²) in [7, 11) is 1.69. The normalized spacial score (nSPS) is 25.1. The van der Waals surface area contributed by atoms with Gasteiger partial charge in [-0.1, -0.05) is 6.92 Å². The Labute approximate surface area is 84.8 Å². The molecule has 0 radical (unpaired) electrons. The minimum Gasteiger partial charge on any atom is -0.480 e. The first kappa shape index (κ1) is 11.5. The number of likely N-dealkylation sites (tertiary alicyclic amines) is 1. The van der Waals surface area contributed by atoms with Crippen molar-refractivity contribution in [2.24, 2.45) is 5.92 Å². The molecule has 0 spiro atoms. The van der Waals surface area contributed by atoms with E-state index in [1.807, 2.05) is 11.8 Å². The van der Waals surface area contributed by atoms with Gasteiger partial charge in [0.2, 0.25) is 0 Å². The van der Waals surface area contributed by atoms with Crippen molar-refractivity contribution in [3.05, 3.63) is 0 Å². The number of aliphatic carboxylic acids is 1. The number of carboxylic acid groups (broad SMARTS) is 1. The van der Waals surface area contributed by atoms with Crippen LogP contribution in [0.3, 0.4) is 0 Å². The van der Waals surface area contributed by atoms with E-state index in [2.05, 4.69) is 0 Å². The molecular weight excluding hydrogens is 182 g/mol. The fraction of sp³-hybridized carbons (Fsp3) is 0.900. The highest BCUT2D eigenvalue weighted by Crippen LogP contribution is 2.20. The molecule has 0 bridgehead atoms. The van der Waals surface area contributed by atoms with Crippen molar-refractivity contribution in [1.82, 2.24) is 4.90 Å². The van der Waals surface area contributed by atoms with Gasteiger partial charge in [0, 0.05) is 13.7 Å². The highest BCUT2D eigenvalue weighted by molar-refractivity contribution is 5.73. The second-order valence-corrected chi connectivity index (χ2v) is 3.87. The lowest BCUT2D eigenvalue weighted by Crippen LogP contribution is -2.39. The lowest BCUT2D eigenvalue weighted by Gasteiger charge is -2.22. The Kier molecular flexibility index (Phi) is 4.35. The van der Waals surface area contributed by atoms with Crippen LogP contribution in [0.15, 0.2) is 0 Å². The maximum atomic E-state index is 10.9. The van der Waals surface area contributed by atoms with Crippen LogP contribution in [0.1, 0.15) is 19.8 Å². The second-order valence-electron chi connectivity index (χ2n) is 3.87. The SMILES string of the molecule is CC[C@H](C(=O)O)N1CC[C@H](COC)C1. The average Bonchev–Trinajstić information content (AvgIpc) is 2.54. The van der Waals surface area contributed by atoms with Crippen molar-refractivity contribution in [3.8, 4) is 0 Å². The van der Waals surface area contributed by atoms with Crippen LogP contribution in [0.25, 0.3) is 0 Å². The number of nitrogens with zero attached hydrogens (tertiary/aromatic N) is 1. The monoisotopic (exact) mass is 201 g/mol. The third-order valence-corrected chi connectivity index (χ3v) is 2.83. The summed E-state index contributed by atoms with van der Waals surface area (Å²) in [5.41, 5.74) is 0. The molecule has 0 aromatic carbocycles. The van der Waals surface area contributed by atoms with E-state index in [9.17, 15) is 4.79 Å². The Morgan fingerprint density at radius 2 is 2.43 bits per heavy atom. The van der Waals surface area contributed by atoms with Crippen molar-refractivity contribution >= 4 is 5.97 Å². The molecule has 0 aromatic rings. The van der Waals surface area contributed by atoms with Gasteiger partial charge in [-0.05, 0) is 25.3 Å². The van der Waals surface area contributed by atoms with Crippen molar-refractivity contribution in [2.75, 3.05) is 26.8 Å². The molecule has 4 nitrogen and oxygen atoms in total. The van der Waals surface area contributed by atoms with Gasteiger partial charge in [0.15, 0.2) is 0 Å². The first-order valence-electron chi connectivity index (χ1n) is 5.14. The van der Waals surface area contributed by atoms with E-state index in [1.54, 1.807) is 7.11 Å². The summed E-state index contributed by atoms with van der Waals surface area (Å²) in [5.74, 6) is -0.195. The summed E-state index contributed by atoms with van der Waals surface area (Å²) >= 11 is 0. The van der Waals surface area contributed by atoms with E-state index in [-0.39, 0.29) is 6.04 Å². The summed E-state index contributed by atoms with van der Waals surface area (Å²) in [4.78, 5) is 13.0. The lowest BCUT2D eigenvalue weighted by molar-refractivity contribution is -0.143. The van der Waals surface area contributed by atoms with E-state index >= 15 is 0 Å². The predicted octanol–water partition coefficient (Wildman–Crippen LogP) is 0.818. The van der Waals surface area contributed by atoms with Gasteiger partial charge in [-0.2, -0.15) is 0 Å². The van der Waals surface area contributed by atoms with Crippen molar-refractivity contribution in [3.63, 3.8) is 0 Å². The fourth-order valence-corrected chi connectivity index (χ4v) is 2.11. The summed E-state index contributed by atoms with van der Waals surface area (Å²) in [6.07, 6.45) is 1.73. The van der Waals surface area contributed by atoms with Crippen LogP contribution in [0.4, 0.5) is 0 Å². The van der Waals surface area contributed by atoms with Crippen molar-refractivity contribution in [1.29, 1.82) is 0 Å². The highest BCUT2D eigenvalue weighted by Gasteiger charge is 2.30. The molecule has 0 aromatic heterocycles. The highest BCUT2D eigenvalue weighted by atomic mass is 16.5. The first-order chi connectivity index (χ1) is 6.69. The zero-order valence-electron chi connectivity index (χ0n) is 8.90. The summed E-state index contributed by atoms with van der Waals surface area (Å²) in [6.45, 7) is 4.41. The molecule has 0 saturated carbocycles. The molecule has 0 aliphatic carbocycles. The standard InChI is InChI=1S/C10H19NO3/c1-3-9(10(12)13)11-5-4-8(6-11)7-14-2/h8-9H,3-7H2,1-2H3,(H,12,13)/t8-,9+/m0/s1. The molecule has 4 heteroatoms. The van der Waals surface area contributed by atoms with E-state index in [1.165, 1.54) is 0 Å². The van der Waals surface area contributed by atoms with E-state index < -0.39 is 5.97 Å². The third-order valence-electron chi connectivity index (χ3n) is 2.83. The van der Waals surface area contributed by atoms with Crippen LogP contribution in [-0.2, 0) is 9.53 Å². The number of hydrogen-bond donors (Lipinski definition) is 1. The van der Waals surface area contributed by atoms with E-state index in [0.29, 0.717) is 12.3 Å². The Balaban J connectivity index is 2.43. The van der Waals surface area contributed by atoms with Crippen LogP contribution < -0.4 is 0 Å². The Hall–Kier alpha value is -0.610. The average molecular weight is 201 g/mol. The summed E-state index contributed by atoms with van der Waals surface area (Å²) in [5, 5.41) is 8.98. The number of ether oxygens (including phenoxy) is 1. The third kappa shape index (κ3) is 2.69. The van der Waals surface area contributed by atoms with Crippen molar-refractivity contribution < 1.29 is 14.6 Å². The van der Waals surface area contributed by atoms with Gasteiger partial charge in [0.05, 0.1) is 6.61 Å². The molecule has 82 valence electrons.